The third kappa shape index (κ3) is 3.01. The van der Waals surface area contributed by atoms with Crippen LogP contribution in [0.15, 0.2) is 18.2 Å². The number of benzene rings is 1. The van der Waals surface area contributed by atoms with E-state index in [1.54, 1.807) is 6.07 Å². The molecule has 1 aromatic rings. The Morgan fingerprint density at radius 3 is 2.69 bits per heavy atom. The summed E-state index contributed by atoms with van der Waals surface area (Å²) in [5.41, 5.74) is 1.36. The van der Waals surface area contributed by atoms with Crippen LogP contribution in [0.25, 0.3) is 0 Å². The monoisotopic (exact) mass is 417 g/mol. The highest BCUT2D eigenvalue weighted by Crippen LogP contribution is 2.65. The van der Waals surface area contributed by atoms with Crippen molar-refractivity contribution in [3.8, 4) is 18.1 Å². The average Bonchev–Trinajstić information content (AvgIpc) is 3.01. The number of fused-ring (bicyclic) bond motifs is 5. The highest BCUT2D eigenvalue weighted by atomic mass is 32.2. The van der Waals surface area contributed by atoms with E-state index in [1.165, 1.54) is 25.2 Å². The van der Waals surface area contributed by atoms with Gasteiger partial charge in [-0.2, -0.15) is 12.7 Å². The second-order valence-corrected chi connectivity index (χ2v) is 10.9. The molecule has 0 amide bonds. The van der Waals surface area contributed by atoms with Crippen molar-refractivity contribution in [3.63, 3.8) is 0 Å². The number of hydrogen-bond donors (Lipinski definition) is 1. The Balaban J connectivity index is 1.63. The van der Waals surface area contributed by atoms with Crippen LogP contribution in [0.1, 0.15) is 62.5 Å². The van der Waals surface area contributed by atoms with E-state index in [4.69, 9.17) is 10.6 Å². The first kappa shape index (κ1) is 20.7. The molecule has 3 aliphatic carbocycles. The third-order valence-electron chi connectivity index (χ3n) is 8.07. The first-order valence-corrected chi connectivity index (χ1v) is 12.0. The molecular weight excluding hydrogens is 386 g/mol. The van der Waals surface area contributed by atoms with E-state index in [9.17, 15) is 13.5 Å². The Kier molecular flexibility index (Phi) is 5.00. The maximum Gasteiger partial charge on any atom is 0.384 e. The minimum Gasteiger partial charge on any atom is -0.377 e. The van der Waals surface area contributed by atoms with E-state index in [0.717, 1.165) is 42.8 Å². The van der Waals surface area contributed by atoms with Gasteiger partial charge in [-0.05, 0) is 86.0 Å². The lowest BCUT2D eigenvalue weighted by Crippen LogP contribution is -2.51. The first-order chi connectivity index (χ1) is 13.7. The van der Waals surface area contributed by atoms with Crippen LogP contribution in [-0.2, 0) is 16.7 Å². The fourth-order valence-corrected chi connectivity index (χ4v) is 7.08. The molecule has 2 fully saturated rings. The van der Waals surface area contributed by atoms with Crippen LogP contribution in [0.5, 0.6) is 5.75 Å². The van der Waals surface area contributed by atoms with Gasteiger partial charge in [-0.15, -0.1) is 6.42 Å². The topological polar surface area (TPSA) is 66.8 Å². The van der Waals surface area contributed by atoms with Crippen molar-refractivity contribution in [2.24, 2.45) is 17.3 Å². The van der Waals surface area contributed by atoms with Gasteiger partial charge in [-0.3, -0.25) is 0 Å². The SMILES string of the molecule is C#C[C@]1(O)CCC2C3CCc4cc(OS(=O)(=O)N(C)C)ccc4C3CC[C@@]21CC. The van der Waals surface area contributed by atoms with E-state index in [0.29, 0.717) is 29.9 Å². The maximum absolute atomic E-state index is 12.0. The molecule has 2 saturated carbocycles. The van der Waals surface area contributed by atoms with E-state index < -0.39 is 15.9 Å². The minimum atomic E-state index is -3.75. The molecule has 0 aromatic heterocycles. The Morgan fingerprint density at radius 1 is 1.28 bits per heavy atom. The van der Waals surface area contributed by atoms with Crippen molar-refractivity contribution in [2.45, 2.75) is 63.4 Å². The van der Waals surface area contributed by atoms with Gasteiger partial charge in [-0.25, -0.2) is 0 Å². The van der Waals surface area contributed by atoms with Crippen LogP contribution in [0, 0.1) is 29.6 Å². The lowest BCUT2D eigenvalue weighted by molar-refractivity contribution is -0.0799. The van der Waals surface area contributed by atoms with E-state index in [-0.39, 0.29) is 5.41 Å². The van der Waals surface area contributed by atoms with Gasteiger partial charge in [0.2, 0.25) is 0 Å². The highest BCUT2D eigenvalue weighted by molar-refractivity contribution is 7.84. The molecule has 6 heteroatoms. The van der Waals surface area contributed by atoms with Gasteiger partial charge in [-0.1, -0.05) is 18.9 Å². The largest absolute Gasteiger partial charge is 0.384 e. The number of terminal acetylenes is 1. The summed E-state index contributed by atoms with van der Waals surface area (Å²) in [6, 6.07) is 5.71. The number of aliphatic hydroxyl groups is 1. The quantitative estimate of drug-likeness (QED) is 0.762. The Bertz CT molecular complexity index is 950. The van der Waals surface area contributed by atoms with Crippen molar-refractivity contribution in [3.05, 3.63) is 29.3 Å². The summed E-state index contributed by atoms with van der Waals surface area (Å²) in [5, 5.41) is 11.2. The standard InChI is InChI=1S/C23H31NO4S/c1-5-22-13-11-19-18-10-8-17(28-29(26,27)24(3)4)15-16(18)7-9-20(19)21(22)12-14-23(22,25)6-2/h2,8,10,15,19-21,25H,5,7,9,11-14H2,1,3-4H3/t19?,20?,21?,22-,23-/m0/s1. The first-order valence-electron chi connectivity index (χ1n) is 10.6. The molecular formula is C23H31NO4S. The second-order valence-electron chi connectivity index (χ2n) is 9.19. The molecule has 3 unspecified atom stereocenters. The Hall–Kier alpha value is -1.55. The molecule has 0 bridgehead atoms. The lowest BCUT2D eigenvalue weighted by atomic mass is 9.52. The summed E-state index contributed by atoms with van der Waals surface area (Å²) in [6.07, 6.45) is 12.3. The van der Waals surface area contributed by atoms with Crippen molar-refractivity contribution in [1.82, 2.24) is 4.31 Å². The van der Waals surface area contributed by atoms with Crippen LogP contribution >= 0.6 is 0 Å². The van der Waals surface area contributed by atoms with Gasteiger partial charge in [0.1, 0.15) is 11.4 Å². The minimum absolute atomic E-state index is 0.163. The Labute approximate surface area is 174 Å². The molecule has 0 radical (unpaired) electrons. The fourth-order valence-electron chi connectivity index (χ4n) is 6.59. The van der Waals surface area contributed by atoms with Crippen molar-refractivity contribution in [2.75, 3.05) is 14.1 Å². The third-order valence-corrected chi connectivity index (χ3v) is 9.36. The van der Waals surface area contributed by atoms with Gasteiger partial charge in [0.05, 0.1) is 0 Å². The molecule has 0 aliphatic heterocycles. The molecule has 5 nitrogen and oxygen atoms in total. The van der Waals surface area contributed by atoms with E-state index >= 15 is 0 Å². The van der Waals surface area contributed by atoms with Crippen LogP contribution in [0.2, 0.25) is 0 Å². The van der Waals surface area contributed by atoms with Gasteiger partial charge < -0.3 is 9.29 Å². The van der Waals surface area contributed by atoms with Gasteiger partial charge in [0.15, 0.2) is 0 Å². The average molecular weight is 418 g/mol. The second kappa shape index (κ2) is 7.01. The van der Waals surface area contributed by atoms with Crippen LogP contribution in [-0.4, -0.2) is 37.5 Å². The fraction of sp³-hybridized carbons (Fsp3) is 0.652. The zero-order valence-corrected chi connectivity index (χ0v) is 18.3. The molecule has 1 aromatic carbocycles. The lowest BCUT2D eigenvalue weighted by Gasteiger charge is -2.53. The molecule has 0 spiro atoms. The number of hydrogen-bond acceptors (Lipinski definition) is 4. The summed E-state index contributed by atoms with van der Waals surface area (Å²) in [4.78, 5) is 0. The van der Waals surface area contributed by atoms with Crippen LogP contribution < -0.4 is 4.18 Å². The normalized spacial score (nSPS) is 36.1. The number of nitrogens with zero attached hydrogens (tertiary/aromatic N) is 1. The molecule has 0 heterocycles. The number of rotatable bonds is 4. The molecule has 158 valence electrons. The summed E-state index contributed by atoms with van der Waals surface area (Å²) >= 11 is 0. The zero-order chi connectivity index (χ0) is 21.0. The molecule has 3 aliphatic rings. The van der Waals surface area contributed by atoms with Gasteiger partial charge in [0.25, 0.3) is 0 Å². The Morgan fingerprint density at radius 2 is 2.03 bits per heavy atom. The predicted molar refractivity (Wildman–Crippen MR) is 113 cm³/mol. The number of aryl methyl sites for hydroxylation is 1. The molecule has 5 atom stereocenters. The maximum atomic E-state index is 12.0. The van der Waals surface area contributed by atoms with Crippen molar-refractivity contribution in [1.29, 1.82) is 0 Å². The van der Waals surface area contributed by atoms with E-state index in [2.05, 4.69) is 12.8 Å². The summed E-state index contributed by atoms with van der Waals surface area (Å²) < 4.78 is 30.4. The predicted octanol–water partition coefficient (Wildman–Crippen LogP) is 3.48. The molecule has 0 saturated heterocycles. The summed E-state index contributed by atoms with van der Waals surface area (Å²) in [5.74, 6) is 4.56. The van der Waals surface area contributed by atoms with Crippen molar-refractivity contribution < 1.29 is 17.7 Å². The van der Waals surface area contributed by atoms with Gasteiger partial charge >= 0.3 is 10.3 Å². The smallest absolute Gasteiger partial charge is 0.377 e. The zero-order valence-electron chi connectivity index (χ0n) is 17.5. The summed E-state index contributed by atoms with van der Waals surface area (Å²) in [7, 11) is -0.838. The molecule has 1 N–H and O–H groups in total. The van der Waals surface area contributed by atoms with Crippen LogP contribution in [0.3, 0.4) is 0 Å². The highest BCUT2D eigenvalue weighted by Gasteiger charge is 2.62. The van der Waals surface area contributed by atoms with Crippen molar-refractivity contribution >= 4 is 10.3 Å². The van der Waals surface area contributed by atoms with E-state index in [1.807, 2.05) is 12.1 Å². The summed E-state index contributed by atoms with van der Waals surface area (Å²) in [6.45, 7) is 2.17. The molecule has 4 rings (SSSR count). The van der Waals surface area contributed by atoms with Gasteiger partial charge in [0, 0.05) is 19.5 Å². The van der Waals surface area contributed by atoms with Crippen LogP contribution in [0.4, 0.5) is 0 Å². The molecule has 29 heavy (non-hydrogen) atoms.